The average molecular weight is 447 g/mol. The Morgan fingerprint density at radius 2 is 1.70 bits per heavy atom. The molecule has 1 amide bonds. The fourth-order valence-electron chi connectivity index (χ4n) is 3.71. The van der Waals surface area contributed by atoms with Crippen molar-refractivity contribution in [3.05, 3.63) is 90.0 Å². The first kappa shape index (κ1) is 24.4. The van der Waals surface area contributed by atoms with Gasteiger partial charge in [-0.05, 0) is 66.8 Å². The second-order valence-electron chi connectivity index (χ2n) is 8.47. The van der Waals surface area contributed by atoms with Gasteiger partial charge in [0.2, 0.25) is 5.91 Å². The molecule has 3 rings (SSSR count). The van der Waals surface area contributed by atoms with Crippen LogP contribution in [0.25, 0.3) is 0 Å². The molecular weight excluding hydrogens is 412 g/mol. The van der Waals surface area contributed by atoms with E-state index in [1.807, 2.05) is 62.0 Å². The van der Waals surface area contributed by atoms with Gasteiger partial charge in [0.1, 0.15) is 5.75 Å². The normalized spacial score (nSPS) is 11.9. The fraction of sp³-hybridized carbons (Fsp3) is 0.370. The number of rotatable bonds is 12. The van der Waals surface area contributed by atoms with Gasteiger partial charge in [-0.1, -0.05) is 18.2 Å². The molecule has 0 spiro atoms. The summed E-state index contributed by atoms with van der Waals surface area (Å²) in [5.41, 5.74) is 3.50. The van der Waals surface area contributed by atoms with Gasteiger partial charge in [-0.25, -0.2) is 0 Å². The van der Waals surface area contributed by atoms with Crippen molar-refractivity contribution in [3.63, 3.8) is 0 Å². The standard InChI is InChI=1S/C27H34N4O2/c1-22(27(32)30(2)3)25-7-9-26(10-8-25)33-19-5-17-31(21-24-11-15-28-16-12-24)18-13-23-6-4-14-29-20-23/h4,6-12,14-16,20,22H,5,13,17-19,21H2,1-3H3. The molecule has 0 aliphatic carbocycles. The van der Waals surface area contributed by atoms with Crippen molar-refractivity contribution in [3.8, 4) is 5.75 Å². The SMILES string of the molecule is CC(C(=O)N(C)C)c1ccc(OCCCN(CCc2cccnc2)Cc2ccncc2)cc1. The largest absolute Gasteiger partial charge is 0.494 e. The molecule has 0 saturated carbocycles. The summed E-state index contributed by atoms with van der Waals surface area (Å²) in [7, 11) is 3.57. The van der Waals surface area contributed by atoms with Crippen LogP contribution in [0.1, 0.15) is 36.0 Å². The first-order chi connectivity index (χ1) is 16.0. The third-order valence-corrected chi connectivity index (χ3v) is 5.67. The second kappa shape index (κ2) is 12.7. The number of amides is 1. The number of hydrogen-bond donors (Lipinski definition) is 0. The van der Waals surface area contributed by atoms with Crippen molar-refractivity contribution in [2.24, 2.45) is 0 Å². The maximum atomic E-state index is 12.2. The molecule has 2 heterocycles. The Hall–Kier alpha value is -3.25. The first-order valence-corrected chi connectivity index (χ1v) is 11.5. The lowest BCUT2D eigenvalue weighted by Crippen LogP contribution is -2.28. The van der Waals surface area contributed by atoms with Gasteiger partial charge in [0, 0.05) is 58.5 Å². The van der Waals surface area contributed by atoms with Crippen molar-refractivity contribution >= 4 is 5.91 Å². The Morgan fingerprint density at radius 1 is 0.939 bits per heavy atom. The van der Waals surface area contributed by atoms with E-state index in [-0.39, 0.29) is 11.8 Å². The van der Waals surface area contributed by atoms with Gasteiger partial charge in [-0.3, -0.25) is 19.7 Å². The third-order valence-electron chi connectivity index (χ3n) is 5.67. The molecule has 6 heteroatoms. The Kier molecular flexibility index (Phi) is 9.39. The van der Waals surface area contributed by atoms with Crippen LogP contribution < -0.4 is 4.74 Å². The number of ether oxygens (including phenoxy) is 1. The van der Waals surface area contributed by atoms with Gasteiger partial charge in [0.25, 0.3) is 0 Å². The second-order valence-corrected chi connectivity index (χ2v) is 8.47. The number of nitrogens with zero attached hydrogens (tertiary/aromatic N) is 4. The molecule has 0 aliphatic heterocycles. The number of hydrogen-bond acceptors (Lipinski definition) is 5. The van der Waals surface area contributed by atoms with Gasteiger partial charge in [-0.15, -0.1) is 0 Å². The topological polar surface area (TPSA) is 58.6 Å². The maximum Gasteiger partial charge on any atom is 0.229 e. The van der Waals surface area contributed by atoms with Crippen molar-refractivity contribution in [1.82, 2.24) is 19.8 Å². The van der Waals surface area contributed by atoms with E-state index in [1.165, 1.54) is 11.1 Å². The van der Waals surface area contributed by atoms with Gasteiger partial charge in [0.15, 0.2) is 0 Å². The highest BCUT2D eigenvalue weighted by Crippen LogP contribution is 2.21. The zero-order valence-electron chi connectivity index (χ0n) is 19.9. The number of carbonyl (C=O) groups excluding carboxylic acids is 1. The smallest absolute Gasteiger partial charge is 0.229 e. The van der Waals surface area contributed by atoms with Crippen molar-refractivity contribution < 1.29 is 9.53 Å². The lowest BCUT2D eigenvalue weighted by Gasteiger charge is -2.22. The summed E-state index contributed by atoms with van der Waals surface area (Å²) >= 11 is 0. The van der Waals surface area contributed by atoms with Crippen LogP contribution in [0.5, 0.6) is 5.75 Å². The van der Waals surface area contributed by atoms with E-state index in [4.69, 9.17) is 4.74 Å². The molecule has 33 heavy (non-hydrogen) atoms. The predicted molar refractivity (Wildman–Crippen MR) is 131 cm³/mol. The van der Waals surface area contributed by atoms with Crippen molar-refractivity contribution in [2.75, 3.05) is 33.8 Å². The van der Waals surface area contributed by atoms with Crippen LogP contribution in [-0.2, 0) is 17.8 Å². The van der Waals surface area contributed by atoms with Gasteiger partial charge >= 0.3 is 0 Å². The van der Waals surface area contributed by atoms with E-state index in [0.717, 1.165) is 43.8 Å². The Labute approximate surface area is 197 Å². The van der Waals surface area contributed by atoms with E-state index >= 15 is 0 Å². The number of carbonyl (C=O) groups is 1. The minimum atomic E-state index is -0.157. The molecule has 174 valence electrons. The van der Waals surface area contributed by atoms with Crippen molar-refractivity contribution in [1.29, 1.82) is 0 Å². The summed E-state index contributed by atoms with van der Waals surface area (Å²) in [6.45, 7) is 5.36. The Morgan fingerprint density at radius 3 is 2.36 bits per heavy atom. The summed E-state index contributed by atoms with van der Waals surface area (Å²) in [4.78, 5) is 24.6. The van der Waals surface area contributed by atoms with Crippen LogP contribution in [0, 0.1) is 0 Å². The minimum absolute atomic E-state index is 0.101. The highest BCUT2D eigenvalue weighted by molar-refractivity contribution is 5.82. The fourth-order valence-corrected chi connectivity index (χ4v) is 3.71. The van der Waals surface area contributed by atoms with Gasteiger partial charge < -0.3 is 9.64 Å². The van der Waals surface area contributed by atoms with Crippen LogP contribution in [0.4, 0.5) is 0 Å². The lowest BCUT2D eigenvalue weighted by molar-refractivity contribution is -0.129. The van der Waals surface area contributed by atoms with E-state index in [2.05, 4.69) is 33.1 Å². The lowest BCUT2D eigenvalue weighted by atomic mass is 10.00. The summed E-state index contributed by atoms with van der Waals surface area (Å²) in [6, 6.07) is 16.1. The molecule has 2 aromatic heterocycles. The van der Waals surface area contributed by atoms with Crippen LogP contribution in [0.3, 0.4) is 0 Å². The van der Waals surface area contributed by atoms with Crippen LogP contribution in [0.15, 0.2) is 73.3 Å². The molecule has 6 nitrogen and oxygen atoms in total. The summed E-state index contributed by atoms with van der Waals surface area (Å²) in [5.74, 6) is 0.777. The zero-order chi connectivity index (χ0) is 23.5. The van der Waals surface area contributed by atoms with E-state index in [0.29, 0.717) is 6.61 Å². The number of likely N-dealkylation sites (N-methyl/N-ethyl adjacent to an activating group) is 1. The van der Waals surface area contributed by atoms with Gasteiger partial charge in [-0.2, -0.15) is 0 Å². The molecule has 1 aromatic carbocycles. The molecule has 3 aromatic rings. The van der Waals surface area contributed by atoms with Crippen LogP contribution in [0.2, 0.25) is 0 Å². The average Bonchev–Trinajstić information content (AvgIpc) is 2.85. The minimum Gasteiger partial charge on any atom is -0.494 e. The molecule has 0 fully saturated rings. The summed E-state index contributed by atoms with van der Waals surface area (Å²) in [5, 5.41) is 0. The molecular formula is C27H34N4O2. The summed E-state index contributed by atoms with van der Waals surface area (Å²) < 4.78 is 5.97. The van der Waals surface area contributed by atoms with Crippen LogP contribution in [-0.4, -0.2) is 59.5 Å². The quantitative estimate of drug-likeness (QED) is 0.391. The molecule has 0 radical (unpaired) electrons. The Bertz CT molecular complexity index is 962. The number of pyridine rings is 2. The number of aromatic nitrogens is 2. The Balaban J connectivity index is 1.49. The van der Waals surface area contributed by atoms with Crippen LogP contribution >= 0.6 is 0 Å². The molecule has 1 unspecified atom stereocenters. The highest BCUT2D eigenvalue weighted by atomic mass is 16.5. The third kappa shape index (κ3) is 7.99. The molecule has 0 bridgehead atoms. The van der Waals surface area contributed by atoms with E-state index in [1.54, 1.807) is 19.0 Å². The number of benzene rings is 1. The zero-order valence-corrected chi connectivity index (χ0v) is 19.9. The predicted octanol–water partition coefficient (Wildman–Crippen LogP) is 4.18. The molecule has 1 atom stereocenters. The van der Waals surface area contributed by atoms with Gasteiger partial charge in [0.05, 0.1) is 12.5 Å². The van der Waals surface area contributed by atoms with Crippen molar-refractivity contribution in [2.45, 2.75) is 32.2 Å². The molecule has 0 aliphatic rings. The van der Waals surface area contributed by atoms with E-state index < -0.39 is 0 Å². The summed E-state index contributed by atoms with van der Waals surface area (Å²) in [6.07, 6.45) is 9.32. The highest BCUT2D eigenvalue weighted by Gasteiger charge is 2.16. The molecule has 0 saturated heterocycles. The van der Waals surface area contributed by atoms with E-state index in [9.17, 15) is 4.79 Å². The first-order valence-electron chi connectivity index (χ1n) is 11.5. The maximum absolute atomic E-state index is 12.2. The monoisotopic (exact) mass is 446 g/mol. The molecule has 0 N–H and O–H groups in total.